The van der Waals surface area contributed by atoms with Crippen LogP contribution in [0.5, 0.6) is 0 Å². The second-order valence-corrected chi connectivity index (χ2v) is 2.84. The van der Waals surface area contributed by atoms with Gasteiger partial charge in [0.2, 0.25) is 0 Å². The molecule has 0 spiro atoms. The molecule has 0 bridgehead atoms. The van der Waals surface area contributed by atoms with Gasteiger partial charge in [0.25, 0.3) is 0 Å². The van der Waals surface area contributed by atoms with Crippen molar-refractivity contribution >= 4 is 50.7 Å². The Morgan fingerprint density at radius 3 is 2.64 bits per heavy atom. The zero-order valence-electron chi connectivity index (χ0n) is 5.84. The molecular weight excluding hydrogens is 260 g/mol. The predicted octanol–water partition coefficient (Wildman–Crippen LogP) is -1.62. The summed E-state index contributed by atoms with van der Waals surface area (Å²) in [5, 5.41) is 0.928. The second kappa shape index (κ2) is 7.61. The van der Waals surface area contributed by atoms with Crippen LogP contribution in [0.2, 0.25) is 0 Å². The number of hydrogen-bond acceptors (Lipinski definition) is 3. The van der Waals surface area contributed by atoms with Crippen molar-refractivity contribution < 1.29 is 12.4 Å². The molecule has 2 nitrogen and oxygen atoms in total. The molecule has 1 aromatic heterocycles. The number of nitrogens with zero attached hydrogens (tertiary/aromatic N) is 2. The zero-order chi connectivity index (χ0) is 6.69. The molecule has 0 aliphatic heterocycles. The summed E-state index contributed by atoms with van der Waals surface area (Å²) in [7, 11) is 0. The number of halogens is 2. The Bertz CT molecular complexity index is 213. The monoisotopic (exact) mass is 262 g/mol. The fourth-order valence-corrected chi connectivity index (χ4v) is 1.15. The molecule has 0 amide bonds. The van der Waals surface area contributed by atoms with Gasteiger partial charge in [0.05, 0.1) is 4.73 Å². The van der Waals surface area contributed by atoms with Crippen LogP contribution in [0, 0.1) is 6.20 Å². The van der Waals surface area contributed by atoms with E-state index < -0.39 is 0 Å². The van der Waals surface area contributed by atoms with Gasteiger partial charge in [0.15, 0.2) is 0 Å². The van der Waals surface area contributed by atoms with Gasteiger partial charge in [-0.25, -0.2) is 0 Å². The summed E-state index contributed by atoms with van der Waals surface area (Å²) < 4.78 is 0.592. The van der Waals surface area contributed by atoms with E-state index in [0.717, 1.165) is 5.03 Å². The maximum Gasteiger partial charge on any atom is 2.00 e. The Morgan fingerprint density at radius 2 is 2.27 bits per heavy atom. The van der Waals surface area contributed by atoms with Gasteiger partial charge in [-0.3, -0.25) is 0 Å². The summed E-state index contributed by atoms with van der Waals surface area (Å²) in [6.07, 6.45) is 4.66. The van der Waals surface area contributed by atoms with Crippen LogP contribution in [0.3, 0.4) is 0 Å². The SMILES string of the molecule is CSc1c[c-]nc(Br)n1.[Cl-].[Mg+2]. The van der Waals surface area contributed by atoms with Gasteiger partial charge < -0.3 is 22.4 Å². The molecule has 1 aromatic rings. The van der Waals surface area contributed by atoms with Crippen molar-refractivity contribution in [3.8, 4) is 0 Å². The second-order valence-electron chi connectivity index (χ2n) is 1.31. The number of hydrogen-bond donors (Lipinski definition) is 0. The first kappa shape index (κ1) is 14.5. The third-order valence-corrected chi connectivity index (χ3v) is 1.74. The fourth-order valence-electron chi connectivity index (χ4n) is 0.394. The average molecular weight is 264 g/mol. The third-order valence-electron chi connectivity index (χ3n) is 0.756. The Balaban J connectivity index is 0. The molecule has 0 saturated heterocycles. The van der Waals surface area contributed by atoms with E-state index in [9.17, 15) is 0 Å². The molecule has 0 saturated carbocycles. The largest absolute Gasteiger partial charge is 2.00 e. The van der Waals surface area contributed by atoms with Crippen molar-refractivity contribution in [3.05, 3.63) is 17.0 Å². The van der Waals surface area contributed by atoms with Gasteiger partial charge in [0, 0.05) is 0 Å². The number of rotatable bonds is 1. The van der Waals surface area contributed by atoms with E-state index in [1.165, 1.54) is 0 Å². The Kier molecular flexibility index (Phi) is 10.0. The molecule has 1 heterocycles. The molecule has 0 aliphatic carbocycles. The summed E-state index contributed by atoms with van der Waals surface area (Å²) in [5.41, 5.74) is 0. The topological polar surface area (TPSA) is 25.8 Å². The smallest absolute Gasteiger partial charge is 1.00 e. The van der Waals surface area contributed by atoms with Crippen molar-refractivity contribution in [2.45, 2.75) is 5.03 Å². The van der Waals surface area contributed by atoms with E-state index >= 15 is 0 Å². The van der Waals surface area contributed by atoms with Crippen LogP contribution in [-0.2, 0) is 0 Å². The van der Waals surface area contributed by atoms with Gasteiger partial charge in [-0.15, -0.1) is 6.07 Å². The Hall–Kier alpha value is 0.966. The molecule has 11 heavy (non-hydrogen) atoms. The maximum atomic E-state index is 4.03. The van der Waals surface area contributed by atoms with Crippen molar-refractivity contribution in [2.24, 2.45) is 0 Å². The number of thioether (sulfide) groups is 1. The van der Waals surface area contributed by atoms with Crippen LogP contribution in [0.15, 0.2) is 15.8 Å². The van der Waals surface area contributed by atoms with Crippen molar-refractivity contribution in [3.63, 3.8) is 0 Å². The first-order chi connectivity index (χ1) is 4.33. The van der Waals surface area contributed by atoms with Crippen molar-refractivity contribution in [1.29, 1.82) is 0 Å². The van der Waals surface area contributed by atoms with Crippen molar-refractivity contribution in [2.75, 3.05) is 6.26 Å². The summed E-state index contributed by atoms with van der Waals surface area (Å²) in [5.74, 6) is 0. The van der Waals surface area contributed by atoms with E-state index in [4.69, 9.17) is 0 Å². The van der Waals surface area contributed by atoms with Gasteiger partial charge in [-0.05, 0) is 11.3 Å². The molecule has 0 unspecified atom stereocenters. The molecular formula is C5H4BrClMgN2S. The molecule has 0 atom stereocenters. The molecule has 6 heteroatoms. The summed E-state index contributed by atoms with van der Waals surface area (Å²) in [4.78, 5) is 7.78. The fraction of sp³-hybridized carbons (Fsp3) is 0.200. The van der Waals surface area contributed by atoms with Gasteiger partial charge in [-0.2, -0.15) is 11.8 Å². The molecule has 0 aromatic carbocycles. The quantitative estimate of drug-likeness (QED) is 0.200. The molecule has 0 radical (unpaired) electrons. The van der Waals surface area contributed by atoms with Crippen LogP contribution >= 0.6 is 27.7 Å². The standard InChI is InChI=1S/C5H4BrN2S.ClH.Mg/c1-9-4-2-3-7-5(6)8-4;;/h2H,1H3;1H;/q-1;;+2/p-1. The first-order valence-electron chi connectivity index (χ1n) is 2.27. The molecule has 0 N–H and O–H groups in total. The van der Waals surface area contributed by atoms with Gasteiger partial charge >= 0.3 is 23.1 Å². The predicted molar refractivity (Wildman–Crippen MR) is 46.1 cm³/mol. The minimum atomic E-state index is 0. The summed E-state index contributed by atoms with van der Waals surface area (Å²) in [6, 6.07) is 1.75. The van der Waals surface area contributed by atoms with Crippen LogP contribution < -0.4 is 12.4 Å². The third kappa shape index (κ3) is 5.24. The normalized spacial score (nSPS) is 7.82. The molecule has 0 aliphatic rings. The Labute approximate surface area is 101 Å². The minimum absolute atomic E-state index is 0. The van der Waals surface area contributed by atoms with Gasteiger partial charge in [0.1, 0.15) is 0 Å². The van der Waals surface area contributed by atoms with Gasteiger partial charge in [-0.1, -0.05) is 22.1 Å². The van der Waals surface area contributed by atoms with Crippen LogP contribution in [0.25, 0.3) is 0 Å². The Morgan fingerprint density at radius 1 is 1.64 bits per heavy atom. The maximum absolute atomic E-state index is 4.03. The van der Waals surface area contributed by atoms with E-state index in [-0.39, 0.29) is 35.5 Å². The van der Waals surface area contributed by atoms with E-state index in [1.54, 1.807) is 17.8 Å². The summed E-state index contributed by atoms with van der Waals surface area (Å²) in [6.45, 7) is 0. The minimum Gasteiger partial charge on any atom is -1.00 e. The van der Waals surface area contributed by atoms with Crippen LogP contribution in [0.1, 0.15) is 0 Å². The molecule has 56 valence electrons. The van der Waals surface area contributed by atoms with E-state index in [2.05, 4.69) is 32.1 Å². The molecule has 1 rings (SSSR count). The molecule has 0 fully saturated rings. The van der Waals surface area contributed by atoms with Crippen LogP contribution in [-0.4, -0.2) is 39.3 Å². The van der Waals surface area contributed by atoms with Crippen molar-refractivity contribution in [1.82, 2.24) is 9.97 Å². The summed E-state index contributed by atoms with van der Waals surface area (Å²) >= 11 is 4.71. The van der Waals surface area contributed by atoms with E-state index in [1.807, 2.05) is 6.26 Å². The number of aromatic nitrogens is 2. The average Bonchev–Trinajstić information content (AvgIpc) is 1.88. The first-order valence-corrected chi connectivity index (χ1v) is 4.29. The van der Waals surface area contributed by atoms with E-state index in [0.29, 0.717) is 4.73 Å². The van der Waals surface area contributed by atoms with Crippen LogP contribution in [0.4, 0.5) is 0 Å². The zero-order valence-corrected chi connectivity index (χ0v) is 10.4.